The fourth-order valence-corrected chi connectivity index (χ4v) is 3.22. The van der Waals surface area contributed by atoms with E-state index in [-0.39, 0.29) is 0 Å². The molecule has 0 aliphatic heterocycles. The minimum absolute atomic E-state index is 0.468. The van der Waals surface area contributed by atoms with Crippen molar-refractivity contribution in [2.45, 2.75) is 25.8 Å². The highest BCUT2D eigenvalue weighted by molar-refractivity contribution is 7.19. The van der Waals surface area contributed by atoms with Gasteiger partial charge in [-0.2, -0.15) is 0 Å². The fraction of sp³-hybridized carbons (Fsp3) is 0.333. The SMILES string of the molecule is C=CCCC(NCC)c1cc2ccccc2s1. The van der Waals surface area contributed by atoms with E-state index in [2.05, 4.69) is 49.2 Å². The molecule has 0 fully saturated rings. The Hall–Kier alpha value is -1.12. The number of rotatable bonds is 6. The summed E-state index contributed by atoms with van der Waals surface area (Å²) in [5.41, 5.74) is 0. The maximum Gasteiger partial charge on any atom is 0.0418 e. The molecule has 17 heavy (non-hydrogen) atoms. The van der Waals surface area contributed by atoms with E-state index < -0.39 is 0 Å². The number of hydrogen-bond donors (Lipinski definition) is 1. The summed E-state index contributed by atoms with van der Waals surface area (Å²) in [6.07, 6.45) is 4.19. The van der Waals surface area contributed by atoms with Crippen molar-refractivity contribution in [2.75, 3.05) is 6.54 Å². The van der Waals surface area contributed by atoms with Gasteiger partial charge in [0, 0.05) is 15.6 Å². The van der Waals surface area contributed by atoms with Gasteiger partial charge in [0.25, 0.3) is 0 Å². The van der Waals surface area contributed by atoms with Crippen molar-refractivity contribution in [1.82, 2.24) is 5.32 Å². The van der Waals surface area contributed by atoms with Crippen LogP contribution in [0.3, 0.4) is 0 Å². The summed E-state index contributed by atoms with van der Waals surface area (Å²) in [5, 5.41) is 4.91. The average molecular weight is 245 g/mol. The first-order valence-electron chi connectivity index (χ1n) is 6.18. The largest absolute Gasteiger partial charge is 0.310 e. The Morgan fingerprint density at radius 1 is 1.41 bits per heavy atom. The van der Waals surface area contributed by atoms with E-state index in [1.165, 1.54) is 15.0 Å². The van der Waals surface area contributed by atoms with Gasteiger partial charge in [0.15, 0.2) is 0 Å². The molecule has 0 aliphatic carbocycles. The van der Waals surface area contributed by atoms with Crippen LogP contribution in [0.2, 0.25) is 0 Å². The van der Waals surface area contributed by atoms with Crippen LogP contribution in [0.5, 0.6) is 0 Å². The molecule has 2 heteroatoms. The van der Waals surface area contributed by atoms with Crippen LogP contribution in [0, 0.1) is 0 Å². The molecule has 1 atom stereocenters. The highest BCUT2D eigenvalue weighted by Crippen LogP contribution is 2.31. The van der Waals surface area contributed by atoms with Crippen molar-refractivity contribution in [1.29, 1.82) is 0 Å². The van der Waals surface area contributed by atoms with E-state index in [0.717, 1.165) is 19.4 Å². The summed E-state index contributed by atoms with van der Waals surface area (Å²) >= 11 is 1.90. The fourth-order valence-electron chi connectivity index (χ4n) is 2.05. The van der Waals surface area contributed by atoms with Crippen molar-refractivity contribution in [3.63, 3.8) is 0 Å². The van der Waals surface area contributed by atoms with Gasteiger partial charge in [-0.15, -0.1) is 17.9 Å². The van der Waals surface area contributed by atoms with Crippen LogP contribution in [0.25, 0.3) is 10.1 Å². The molecule has 1 aromatic heterocycles. The second-order valence-electron chi connectivity index (χ2n) is 4.16. The van der Waals surface area contributed by atoms with E-state index in [9.17, 15) is 0 Å². The zero-order chi connectivity index (χ0) is 12.1. The molecule has 1 nitrogen and oxygen atoms in total. The highest BCUT2D eigenvalue weighted by atomic mass is 32.1. The maximum absolute atomic E-state index is 3.80. The normalized spacial score (nSPS) is 12.8. The third kappa shape index (κ3) is 2.96. The van der Waals surface area contributed by atoms with Crippen LogP contribution in [-0.2, 0) is 0 Å². The number of allylic oxidation sites excluding steroid dienone is 1. The van der Waals surface area contributed by atoms with E-state index in [1.807, 2.05) is 17.4 Å². The van der Waals surface area contributed by atoms with Crippen molar-refractivity contribution >= 4 is 21.4 Å². The van der Waals surface area contributed by atoms with Crippen LogP contribution in [0.1, 0.15) is 30.7 Å². The van der Waals surface area contributed by atoms with E-state index >= 15 is 0 Å². The van der Waals surface area contributed by atoms with Crippen LogP contribution in [0.4, 0.5) is 0 Å². The van der Waals surface area contributed by atoms with Gasteiger partial charge in [0.05, 0.1) is 0 Å². The van der Waals surface area contributed by atoms with Gasteiger partial charge in [-0.3, -0.25) is 0 Å². The molecular weight excluding hydrogens is 226 g/mol. The lowest BCUT2D eigenvalue weighted by molar-refractivity contribution is 0.527. The Balaban J connectivity index is 2.24. The summed E-state index contributed by atoms with van der Waals surface area (Å²) in [6.45, 7) is 6.98. The number of nitrogens with one attached hydrogen (secondary N) is 1. The molecular formula is C15H19NS. The second kappa shape index (κ2) is 5.99. The van der Waals surface area contributed by atoms with Gasteiger partial charge >= 0.3 is 0 Å². The lowest BCUT2D eigenvalue weighted by Crippen LogP contribution is -2.19. The van der Waals surface area contributed by atoms with E-state index in [0.29, 0.717) is 6.04 Å². The molecule has 2 aromatic rings. The van der Waals surface area contributed by atoms with Gasteiger partial charge < -0.3 is 5.32 Å². The summed E-state index contributed by atoms with van der Waals surface area (Å²) in [6, 6.07) is 11.4. The molecule has 0 radical (unpaired) electrons. The smallest absolute Gasteiger partial charge is 0.0418 e. The Kier molecular flexibility index (Phi) is 4.35. The van der Waals surface area contributed by atoms with Gasteiger partial charge in [0.1, 0.15) is 0 Å². The Bertz CT molecular complexity index is 453. The molecule has 0 amide bonds. The molecule has 1 heterocycles. The maximum atomic E-state index is 3.80. The minimum atomic E-state index is 0.468. The molecule has 0 bridgehead atoms. The quantitative estimate of drug-likeness (QED) is 0.738. The lowest BCUT2D eigenvalue weighted by Gasteiger charge is -2.14. The van der Waals surface area contributed by atoms with Gasteiger partial charge in [0.2, 0.25) is 0 Å². The predicted octanol–water partition coefficient (Wildman–Crippen LogP) is 4.52. The Morgan fingerprint density at radius 3 is 2.94 bits per heavy atom. The first-order chi connectivity index (χ1) is 8.35. The third-order valence-electron chi connectivity index (χ3n) is 2.90. The van der Waals surface area contributed by atoms with E-state index in [1.54, 1.807) is 0 Å². The van der Waals surface area contributed by atoms with Crippen LogP contribution in [-0.4, -0.2) is 6.54 Å². The molecule has 0 saturated carbocycles. The molecule has 2 rings (SSSR count). The average Bonchev–Trinajstić information content (AvgIpc) is 2.78. The number of benzene rings is 1. The lowest BCUT2D eigenvalue weighted by atomic mass is 10.1. The summed E-state index contributed by atoms with van der Waals surface area (Å²) in [5.74, 6) is 0. The van der Waals surface area contributed by atoms with Gasteiger partial charge in [-0.25, -0.2) is 0 Å². The molecule has 0 aliphatic rings. The Morgan fingerprint density at radius 2 is 2.24 bits per heavy atom. The first-order valence-corrected chi connectivity index (χ1v) is 6.99. The summed E-state index contributed by atoms with van der Waals surface area (Å²) in [4.78, 5) is 1.44. The predicted molar refractivity (Wildman–Crippen MR) is 77.7 cm³/mol. The van der Waals surface area contributed by atoms with Crippen LogP contribution in [0.15, 0.2) is 43.0 Å². The molecule has 90 valence electrons. The molecule has 0 saturated heterocycles. The molecule has 1 aromatic carbocycles. The second-order valence-corrected chi connectivity index (χ2v) is 5.28. The van der Waals surface area contributed by atoms with Crippen molar-refractivity contribution in [3.05, 3.63) is 47.9 Å². The zero-order valence-electron chi connectivity index (χ0n) is 10.3. The van der Waals surface area contributed by atoms with Crippen LogP contribution < -0.4 is 5.32 Å². The van der Waals surface area contributed by atoms with E-state index in [4.69, 9.17) is 0 Å². The van der Waals surface area contributed by atoms with Crippen LogP contribution >= 0.6 is 11.3 Å². The van der Waals surface area contributed by atoms with Crippen molar-refractivity contribution in [2.24, 2.45) is 0 Å². The minimum Gasteiger partial charge on any atom is -0.310 e. The Labute approximate surface area is 107 Å². The van der Waals surface area contributed by atoms with Gasteiger partial charge in [-0.05, 0) is 36.9 Å². The number of hydrogen-bond acceptors (Lipinski definition) is 2. The first kappa shape index (κ1) is 12.3. The summed E-state index contributed by atoms with van der Waals surface area (Å²) in [7, 11) is 0. The number of fused-ring (bicyclic) bond motifs is 1. The number of thiophene rings is 1. The highest BCUT2D eigenvalue weighted by Gasteiger charge is 2.12. The molecule has 1 unspecified atom stereocenters. The van der Waals surface area contributed by atoms with Crippen molar-refractivity contribution in [3.8, 4) is 0 Å². The molecule has 1 N–H and O–H groups in total. The topological polar surface area (TPSA) is 12.0 Å². The third-order valence-corrected chi connectivity index (χ3v) is 4.13. The monoisotopic (exact) mass is 245 g/mol. The zero-order valence-corrected chi connectivity index (χ0v) is 11.1. The standard InChI is InChI=1S/C15H19NS/c1-3-5-9-13(16-4-2)15-11-12-8-6-7-10-14(12)17-15/h3,6-8,10-11,13,16H,1,4-5,9H2,2H3. The van der Waals surface area contributed by atoms with Crippen molar-refractivity contribution < 1.29 is 0 Å². The molecule has 0 spiro atoms. The van der Waals surface area contributed by atoms with Gasteiger partial charge in [-0.1, -0.05) is 31.2 Å². The summed E-state index contributed by atoms with van der Waals surface area (Å²) < 4.78 is 1.38.